The third kappa shape index (κ3) is 4.18. The van der Waals surface area contributed by atoms with Crippen LogP contribution in [0.1, 0.15) is 0 Å². The average Bonchev–Trinajstić information content (AvgIpc) is 3.17. The fraction of sp³-hybridized carbons (Fsp3) is 0. The number of benzene rings is 8. The third-order valence-electron chi connectivity index (χ3n) is 9.60. The molecule has 0 aliphatic carbocycles. The maximum absolute atomic E-state index is 5.27. The number of nitrogens with zero attached hydrogens (tertiary/aromatic N) is 3. The Morgan fingerprint density at radius 3 is 1.77 bits per heavy atom. The van der Waals surface area contributed by atoms with Gasteiger partial charge in [-0.25, -0.2) is 15.0 Å². The van der Waals surface area contributed by atoms with Crippen molar-refractivity contribution in [2.45, 2.75) is 0 Å². The van der Waals surface area contributed by atoms with Crippen molar-refractivity contribution in [2.24, 2.45) is 0 Å². The first-order valence-electron chi connectivity index (χ1n) is 16.3. The zero-order valence-corrected chi connectivity index (χ0v) is 25.9. The highest BCUT2D eigenvalue weighted by molar-refractivity contribution is 6.26. The second-order valence-corrected chi connectivity index (χ2v) is 12.4. The highest BCUT2D eigenvalue weighted by atomic mass is 14.9. The van der Waals surface area contributed by atoms with Crippen molar-refractivity contribution in [2.75, 3.05) is 0 Å². The molecule has 0 amide bonds. The maximum Gasteiger partial charge on any atom is 0.160 e. The Balaban J connectivity index is 1.13. The molecule has 2 aromatic heterocycles. The molecule has 0 fully saturated rings. The van der Waals surface area contributed by atoms with Crippen LogP contribution in [0.4, 0.5) is 0 Å². The molecule has 0 aliphatic heterocycles. The van der Waals surface area contributed by atoms with Gasteiger partial charge in [0.1, 0.15) is 5.52 Å². The topological polar surface area (TPSA) is 38.7 Å². The molecule has 2 heterocycles. The smallest absolute Gasteiger partial charge is 0.160 e. The van der Waals surface area contributed by atoms with Gasteiger partial charge in [0, 0.05) is 27.5 Å². The van der Waals surface area contributed by atoms with Crippen molar-refractivity contribution in [3.8, 4) is 45.0 Å². The number of rotatable bonds is 4. The van der Waals surface area contributed by atoms with Gasteiger partial charge in [0.15, 0.2) is 5.82 Å². The van der Waals surface area contributed by atoms with Gasteiger partial charge < -0.3 is 0 Å². The van der Waals surface area contributed by atoms with Crippen molar-refractivity contribution in [3.05, 3.63) is 164 Å². The van der Waals surface area contributed by atoms with Gasteiger partial charge in [0.05, 0.1) is 16.9 Å². The number of hydrogen-bond donors (Lipinski definition) is 0. The van der Waals surface area contributed by atoms with Gasteiger partial charge in [0.2, 0.25) is 0 Å². The van der Waals surface area contributed by atoms with E-state index in [1.54, 1.807) is 0 Å². The van der Waals surface area contributed by atoms with Crippen LogP contribution in [0, 0.1) is 0 Å². The first-order valence-corrected chi connectivity index (χ1v) is 16.3. The summed E-state index contributed by atoms with van der Waals surface area (Å²) >= 11 is 0. The van der Waals surface area contributed by atoms with Gasteiger partial charge in [-0.1, -0.05) is 146 Å². The van der Waals surface area contributed by atoms with E-state index in [0.29, 0.717) is 5.82 Å². The largest absolute Gasteiger partial charge is 0.245 e. The summed E-state index contributed by atoms with van der Waals surface area (Å²) in [5.74, 6) is 0.694. The minimum absolute atomic E-state index is 0.694. The van der Waals surface area contributed by atoms with Crippen LogP contribution in [0.5, 0.6) is 0 Å². The molecule has 10 rings (SSSR count). The van der Waals surface area contributed by atoms with Crippen molar-refractivity contribution in [1.82, 2.24) is 15.0 Å². The van der Waals surface area contributed by atoms with Crippen molar-refractivity contribution >= 4 is 54.1 Å². The molecule has 0 N–H and O–H groups in total. The zero-order valence-electron chi connectivity index (χ0n) is 25.9. The molecular formula is C45H27N3. The fourth-order valence-electron chi connectivity index (χ4n) is 7.29. The molecular weight excluding hydrogens is 583 g/mol. The molecule has 222 valence electrons. The first kappa shape index (κ1) is 26.7. The molecule has 3 heteroatoms. The molecule has 3 nitrogen and oxygen atoms in total. The van der Waals surface area contributed by atoms with Crippen LogP contribution in [-0.4, -0.2) is 15.0 Å². The second-order valence-electron chi connectivity index (χ2n) is 12.4. The van der Waals surface area contributed by atoms with Gasteiger partial charge in [-0.15, -0.1) is 0 Å². The summed E-state index contributed by atoms with van der Waals surface area (Å²) in [6.45, 7) is 0. The Bertz CT molecular complexity index is 2810. The monoisotopic (exact) mass is 609 g/mol. The summed E-state index contributed by atoms with van der Waals surface area (Å²) in [5.41, 5.74) is 9.08. The van der Waals surface area contributed by atoms with Crippen molar-refractivity contribution < 1.29 is 0 Å². The van der Waals surface area contributed by atoms with Crippen LogP contribution in [0.2, 0.25) is 0 Å². The van der Waals surface area contributed by atoms with Crippen LogP contribution in [0.3, 0.4) is 0 Å². The predicted octanol–water partition coefficient (Wildman–Crippen LogP) is 11.7. The molecule has 0 radical (unpaired) electrons. The Morgan fingerprint density at radius 2 is 0.979 bits per heavy atom. The molecule has 8 aromatic carbocycles. The van der Waals surface area contributed by atoms with E-state index in [1.165, 1.54) is 43.4 Å². The second kappa shape index (κ2) is 10.5. The Morgan fingerprint density at radius 1 is 0.333 bits per heavy atom. The van der Waals surface area contributed by atoms with E-state index in [2.05, 4.69) is 140 Å². The molecule has 0 spiro atoms. The van der Waals surface area contributed by atoms with E-state index in [0.717, 1.165) is 49.9 Å². The lowest BCUT2D eigenvalue weighted by Crippen LogP contribution is -1.97. The van der Waals surface area contributed by atoms with E-state index in [-0.39, 0.29) is 0 Å². The minimum Gasteiger partial charge on any atom is -0.245 e. The van der Waals surface area contributed by atoms with Gasteiger partial charge in [-0.2, -0.15) is 0 Å². The summed E-state index contributed by atoms with van der Waals surface area (Å²) < 4.78 is 0. The highest BCUT2D eigenvalue weighted by Gasteiger charge is 2.16. The lowest BCUT2D eigenvalue weighted by Gasteiger charge is -2.15. The summed E-state index contributed by atoms with van der Waals surface area (Å²) in [7, 11) is 0. The van der Waals surface area contributed by atoms with Crippen LogP contribution in [0.25, 0.3) is 99.2 Å². The summed E-state index contributed by atoms with van der Waals surface area (Å²) in [5, 5.41) is 9.82. The Labute approximate surface area is 277 Å². The lowest BCUT2D eigenvalue weighted by molar-refractivity contribution is 1.23. The van der Waals surface area contributed by atoms with Gasteiger partial charge in [0.25, 0.3) is 0 Å². The number of hydrogen-bond acceptors (Lipinski definition) is 3. The summed E-state index contributed by atoms with van der Waals surface area (Å²) in [4.78, 5) is 15.5. The summed E-state index contributed by atoms with van der Waals surface area (Å²) in [6.07, 6.45) is 0. The number of fused-ring (bicyclic) bond motifs is 3. The molecule has 0 bridgehead atoms. The fourth-order valence-corrected chi connectivity index (χ4v) is 7.29. The van der Waals surface area contributed by atoms with Crippen LogP contribution in [-0.2, 0) is 0 Å². The average molecular weight is 610 g/mol. The van der Waals surface area contributed by atoms with E-state index in [1.807, 2.05) is 24.3 Å². The Kier molecular flexibility index (Phi) is 5.87. The van der Waals surface area contributed by atoms with Crippen LogP contribution in [0.15, 0.2) is 164 Å². The van der Waals surface area contributed by atoms with Gasteiger partial charge >= 0.3 is 0 Å². The van der Waals surface area contributed by atoms with E-state index >= 15 is 0 Å². The molecule has 0 unspecified atom stereocenters. The molecule has 0 saturated heterocycles. The van der Waals surface area contributed by atoms with E-state index in [4.69, 9.17) is 15.0 Å². The maximum atomic E-state index is 5.27. The SMILES string of the molecule is c1ccc(-c2nc(-c3ccccc3)c3ccc4ccc(-c5ccc(-c6cc7cccc8ccc9cccc6c9c87)cc5)nc4c3n2)cc1. The molecule has 48 heavy (non-hydrogen) atoms. The highest BCUT2D eigenvalue weighted by Crippen LogP contribution is 2.41. The van der Waals surface area contributed by atoms with Crippen LogP contribution >= 0.6 is 0 Å². The number of aromatic nitrogens is 3. The first-order chi connectivity index (χ1) is 23.8. The molecule has 0 atom stereocenters. The van der Waals surface area contributed by atoms with Crippen molar-refractivity contribution in [3.63, 3.8) is 0 Å². The Hall–Kier alpha value is -6.45. The molecule has 0 saturated carbocycles. The zero-order chi connectivity index (χ0) is 31.6. The molecule has 10 aromatic rings. The number of pyridine rings is 1. The normalized spacial score (nSPS) is 11.8. The van der Waals surface area contributed by atoms with E-state index in [9.17, 15) is 0 Å². The van der Waals surface area contributed by atoms with Gasteiger partial charge in [-0.3, -0.25) is 0 Å². The van der Waals surface area contributed by atoms with Gasteiger partial charge in [-0.05, 0) is 61.6 Å². The van der Waals surface area contributed by atoms with E-state index < -0.39 is 0 Å². The summed E-state index contributed by atoms with van der Waals surface area (Å²) in [6, 6.07) is 57.9. The standard InChI is InChI=1S/C45H27N3/c1-3-9-32(10-4-1)42-37-25-23-33-24-26-39(46-43(33)44(37)48-45(47-42)34-11-5-2-6-12-34)29-19-17-28(18-20-29)38-27-35-15-7-13-30-21-22-31-14-8-16-36(38)41(31)40(30)35/h1-27H. The minimum atomic E-state index is 0.694. The quantitative estimate of drug-likeness (QED) is 0.186. The van der Waals surface area contributed by atoms with Crippen molar-refractivity contribution in [1.29, 1.82) is 0 Å². The third-order valence-corrected chi connectivity index (χ3v) is 9.60. The molecule has 0 aliphatic rings. The van der Waals surface area contributed by atoms with Crippen LogP contribution < -0.4 is 0 Å². The predicted molar refractivity (Wildman–Crippen MR) is 200 cm³/mol. The lowest BCUT2D eigenvalue weighted by atomic mass is 9.89.